The van der Waals surface area contributed by atoms with Crippen LogP contribution in [-0.4, -0.2) is 23.8 Å². The SMILES string of the molecule is CC(C)(C)OC(=O)Nc1cc(NC2CCC(N)CC2)ccc1F. The minimum Gasteiger partial charge on any atom is -0.444 e. The summed E-state index contributed by atoms with van der Waals surface area (Å²) >= 11 is 0. The van der Waals surface area contributed by atoms with Gasteiger partial charge in [0.05, 0.1) is 5.69 Å². The summed E-state index contributed by atoms with van der Waals surface area (Å²) in [6, 6.07) is 5.21. The van der Waals surface area contributed by atoms with Gasteiger partial charge in [-0.1, -0.05) is 0 Å². The van der Waals surface area contributed by atoms with E-state index in [1.54, 1.807) is 32.9 Å². The van der Waals surface area contributed by atoms with E-state index in [4.69, 9.17) is 10.5 Å². The summed E-state index contributed by atoms with van der Waals surface area (Å²) in [5.74, 6) is -0.493. The Morgan fingerprint density at radius 2 is 1.91 bits per heavy atom. The van der Waals surface area contributed by atoms with E-state index in [0.29, 0.717) is 6.04 Å². The van der Waals surface area contributed by atoms with Crippen molar-refractivity contribution in [2.75, 3.05) is 10.6 Å². The van der Waals surface area contributed by atoms with Crippen molar-refractivity contribution in [2.45, 2.75) is 64.1 Å². The normalized spacial score (nSPS) is 21.6. The molecule has 4 N–H and O–H groups in total. The van der Waals surface area contributed by atoms with Crippen LogP contribution in [0.15, 0.2) is 18.2 Å². The maximum absolute atomic E-state index is 13.9. The maximum Gasteiger partial charge on any atom is 0.412 e. The van der Waals surface area contributed by atoms with Gasteiger partial charge >= 0.3 is 6.09 Å². The second-order valence-corrected chi connectivity index (χ2v) is 7.08. The first-order chi connectivity index (χ1) is 10.7. The zero-order valence-electron chi connectivity index (χ0n) is 14.0. The van der Waals surface area contributed by atoms with E-state index in [1.165, 1.54) is 6.07 Å². The zero-order chi connectivity index (χ0) is 17.0. The number of hydrogen-bond acceptors (Lipinski definition) is 4. The molecule has 1 aliphatic carbocycles. The molecule has 1 amide bonds. The van der Waals surface area contributed by atoms with E-state index >= 15 is 0 Å². The second kappa shape index (κ2) is 7.17. The smallest absolute Gasteiger partial charge is 0.412 e. The molecule has 23 heavy (non-hydrogen) atoms. The first kappa shape index (κ1) is 17.5. The highest BCUT2D eigenvalue weighted by molar-refractivity contribution is 5.85. The van der Waals surface area contributed by atoms with Gasteiger partial charge in [-0.2, -0.15) is 0 Å². The summed E-state index contributed by atoms with van der Waals surface area (Å²) in [5.41, 5.74) is 6.16. The summed E-state index contributed by atoms with van der Waals surface area (Å²) in [6.07, 6.45) is 3.29. The van der Waals surface area contributed by atoms with E-state index in [0.717, 1.165) is 31.4 Å². The van der Waals surface area contributed by atoms with Crippen molar-refractivity contribution in [3.05, 3.63) is 24.0 Å². The highest BCUT2D eigenvalue weighted by Gasteiger charge is 2.20. The number of hydrogen-bond donors (Lipinski definition) is 3. The molecule has 0 radical (unpaired) electrons. The van der Waals surface area contributed by atoms with Gasteiger partial charge in [-0.05, 0) is 64.7 Å². The minimum atomic E-state index is -0.669. The number of ether oxygens (including phenoxy) is 1. The van der Waals surface area contributed by atoms with Gasteiger partial charge in [0, 0.05) is 17.8 Å². The lowest BCUT2D eigenvalue weighted by molar-refractivity contribution is 0.0635. The van der Waals surface area contributed by atoms with Crippen molar-refractivity contribution in [2.24, 2.45) is 5.73 Å². The van der Waals surface area contributed by atoms with Crippen molar-refractivity contribution in [3.63, 3.8) is 0 Å². The molecule has 0 saturated heterocycles. The summed E-state index contributed by atoms with van der Waals surface area (Å²) < 4.78 is 19.0. The molecule has 0 atom stereocenters. The van der Waals surface area contributed by atoms with Crippen LogP contribution in [0, 0.1) is 5.82 Å². The van der Waals surface area contributed by atoms with Crippen molar-refractivity contribution < 1.29 is 13.9 Å². The lowest BCUT2D eigenvalue weighted by atomic mass is 9.91. The van der Waals surface area contributed by atoms with E-state index in [-0.39, 0.29) is 11.7 Å². The Balaban J connectivity index is 1.99. The van der Waals surface area contributed by atoms with Crippen LogP contribution in [0.1, 0.15) is 46.5 Å². The standard InChI is InChI=1S/C17H26FN3O2/c1-17(2,3)23-16(22)21-15-10-13(8-9-14(15)18)20-12-6-4-11(19)5-7-12/h8-12,20H,4-7,19H2,1-3H3,(H,21,22). The van der Waals surface area contributed by atoms with Gasteiger partial charge in [0.2, 0.25) is 0 Å². The fourth-order valence-corrected chi connectivity index (χ4v) is 2.62. The molecule has 5 nitrogen and oxygen atoms in total. The second-order valence-electron chi connectivity index (χ2n) is 7.08. The fourth-order valence-electron chi connectivity index (χ4n) is 2.62. The number of amides is 1. The topological polar surface area (TPSA) is 76.4 Å². The van der Waals surface area contributed by atoms with Gasteiger partial charge < -0.3 is 15.8 Å². The predicted molar refractivity (Wildman–Crippen MR) is 90.1 cm³/mol. The molecule has 1 aliphatic rings. The van der Waals surface area contributed by atoms with Gasteiger partial charge in [0.15, 0.2) is 0 Å². The van der Waals surface area contributed by atoms with Crippen molar-refractivity contribution in [1.82, 2.24) is 0 Å². The number of carbonyl (C=O) groups is 1. The van der Waals surface area contributed by atoms with Crippen molar-refractivity contribution in [3.8, 4) is 0 Å². The van der Waals surface area contributed by atoms with Crippen LogP contribution in [0.2, 0.25) is 0 Å². The Morgan fingerprint density at radius 3 is 2.52 bits per heavy atom. The van der Waals surface area contributed by atoms with E-state index in [2.05, 4.69) is 10.6 Å². The van der Waals surface area contributed by atoms with Gasteiger partial charge in [-0.25, -0.2) is 9.18 Å². The number of benzene rings is 1. The van der Waals surface area contributed by atoms with Crippen LogP contribution in [-0.2, 0) is 4.74 Å². The molecule has 1 aromatic carbocycles. The van der Waals surface area contributed by atoms with Crippen LogP contribution in [0.5, 0.6) is 0 Å². The van der Waals surface area contributed by atoms with Crippen LogP contribution in [0.25, 0.3) is 0 Å². The van der Waals surface area contributed by atoms with Crippen LogP contribution < -0.4 is 16.4 Å². The quantitative estimate of drug-likeness (QED) is 0.789. The third-order valence-electron chi connectivity index (χ3n) is 3.74. The summed E-state index contributed by atoms with van der Waals surface area (Å²) in [7, 11) is 0. The van der Waals surface area contributed by atoms with Gasteiger partial charge in [-0.3, -0.25) is 5.32 Å². The highest BCUT2D eigenvalue weighted by Crippen LogP contribution is 2.25. The summed E-state index contributed by atoms with van der Waals surface area (Å²) in [4.78, 5) is 11.8. The molecule has 0 aliphatic heterocycles. The van der Waals surface area contributed by atoms with E-state index in [9.17, 15) is 9.18 Å². The molecule has 0 heterocycles. The highest BCUT2D eigenvalue weighted by atomic mass is 19.1. The van der Waals surface area contributed by atoms with E-state index in [1.807, 2.05) is 0 Å². The van der Waals surface area contributed by atoms with Gasteiger partial charge in [0.1, 0.15) is 11.4 Å². The van der Waals surface area contributed by atoms with Crippen LogP contribution in [0.4, 0.5) is 20.6 Å². The Labute approximate surface area is 136 Å². The van der Waals surface area contributed by atoms with Gasteiger partial charge in [-0.15, -0.1) is 0 Å². The number of carbonyl (C=O) groups excluding carboxylic acids is 1. The average molecular weight is 323 g/mol. The molecule has 1 fully saturated rings. The Morgan fingerprint density at radius 1 is 1.26 bits per heavy atom. The molecular weight excluding hydrogens is 297 g/mol. The lowest BCUT2D eigenvalue weighted by Gasteiger charge is -2.27. The largest absolute Gasteiger partial charge is 0.444 e. The fraction of sp³-hybridized carbons (Fsp3) is 0.588. The zero-order valence-corrected chi connectivity index (χ0v) is 14.0. The van der Waals surface area contributed by atoms with Crippen molar-refractivity contribution >= 4 is 17.5 Å². The molecule has 0 aromatic heterocycles. The van der Waals surface area contributed by atoms with Crippen LogP contribution in [0.3, 0.4) is 0 Å². The average Bonchev–Trinajstić information content (AvgIpc) is 2.43. The Hall–Kier alpha value is -1.82. The predicted octanol–water partition coefficient (Wildman–Crippen LogP) is 3.85. The number of halogens is 1. The Kier molecular flexibility index (Phi) is 5.46. The molecule has 0 spiro atoms. The number of nitrogens with one attached hydrogen (secondary N) is 2. The molecule has 0 unspecified atom stereocenters. The molecule has 2 rings (SSSR count). The van der Waals surface area contributed by atoms with Gasteiger partial charge in [0.25, 0.3) is 0 Å². The Bertz CT molecular complexity index is 549. The third kappa shape index (κ3) is 5.71. The summed E-state index contributed by atoms with van der Waals surface area (Å²) in [5, 5.41) is 5.83. The molecule has 1 saturated carbocycles. The minimum absolute atomic E-state index is 0.108. The maximum atomic E-state index is 13.9. The molecular formula is C17H26FN3O2. The molecule has 6 heteroatoms. The number of rotatable bonds is 3. The first-order valence-electron chi connectivity index (χ1n) is 8.04. The third-order valence-corrected chi connectivity index (χ3v) is 3.74. The first-order valence-corrected chi connectivity index (χ1v) is 8.04. The molecule has 0 bridgehead atoms. The van der Waals surface area contributed by atoms with Crippen LogP contribution >= 0.6 is 0 Å². The molecule has 128 valence electrons. The summed E-state index contributed by atoms with van der Waals surface area (Å²) in [6.45, 7) is 5.28. The lowest BCUT2D eigenvalue weighted by Crippen LogP contribution is -2.32. The van der Waals surface area contributed by atoms with Crippen molar-refractivity contribution in [1.29, 1.82) is 0 Å². The number of nitrogens with two attached hydrogens (primary N) is 1. The number of anilines is 2. The molecule has 1 aromatic rings. The van der Waals surface area contributed by atoms with E-state index < -0.39 is 17.5 Å². The monoisotopic (exact) mass is 323 g/mol.